The van der Waals surface area contributed by atoms with Crippen LogP contribution in [0.1, 0.15) is 46.2 Å². The van der Waals surface area contributed by atoms with E-state index in [1.54, 1.807) is 24.3 Å². The first kappa shape index (κ1) is 35.3. The van der Waals surface area contributed by atoms with Gasteiger partial charge in [0.25, 0.3) is 0 Å². The van der Waals surface area contributed by atoms with Crippen molar-refractivity contribution < 1.29 is 24.9 Å². The molecule has 1 atom stereocenters. The summed E-state index contributed by atoms with van der Waals surface area (Å²) in [6, 6.07) is 19.2. The van der Waals surface area contributed by atoms with Crippen molar-refractivity contribution in [3.63, 3.8) is 0 Å². The molecular formula is C37H38N4O7S3. The number of hydrogen-bond donors (Lipinski definition) is 5. The fraction of sp³-hybridized carbons (Fsp3) is 0.324. The summed E-state index contributed by atoms with van der Waals surface area (Å²) >= 11 is 3.89. The number of H-pyrrole nitrogens is 1. The molecule has 1 fully saturated rings. The van der Waals surface area contributed by atoms with E-state index < -0.39 is 17.7 Å². The Kier molecular flexibility index (Phi) is 10.5. The number of rotatable bonds is 13. The molecule has 14 heteroatoms. The lowest BCUT2D eigenvalue weighted by Gasteiger charge is -2.33. The van der Waals surface area contributed by atoms with Crippen LogP contribution >= 0.6 is 34.0 Å². The number of nitrogens with one attached hydrogen (secondary N) is 2. The quantitative estimate of drug-likeness (QED) is 0.104. The second-order valence-electron chi connectivity index (χ2n) is 12.7. The Morgan fingerprint density at radius 2 is 1.75 bits per heavy atom. The van der Waals surface area contributed by atoms with Gasteiger partial charge in [0, 0.05) is 44.2 Å². The Hall–Kier alpha value is -4.15. The monoisotopic (exact) mass is 746 g/mol. The molecule has 0 unspecified atom stereocenters. The molecule has 1 aliphatic heterocycles. The standard InChI is InChI=1S/C37H38N4O7S3/c42-28-10-7-25(26-8-11-33(44)39-34(26)28)29(43)22-38-21-23-6-9-27-30(20-23)51-36(46)41(27)15-3-14-40-16-12-24(13-17-40)48-35(45)37(47,31-4-1-18-49-31)32-5-2-19-50-32/h1-2,4-11,18-20,24,29,38,42-43,47H,3,12-17,21-22H2,(H,39,44)/t29-/m0/s1. The third-order valence-corrected chi connectivity index (χ3v) is 12.3. The lowest BCUT2D eigenvalue weighted by Crippen LogP contribution is -2.43. The minimum absolute atomic E-state index is 0.00244. The number of aryl methyl sites for hydroxylation is 1. The molecule has 266 valence electrons. The zero-order chi connectivity index (χ0) is 35.5. The number of phenols is 1. The molecule has 1 saturated heterocycles. The summed E-state index contributed by atoms with van der Waals surface area (Å²) < 4.78 is 8.62. The molecule has 0 saturated carbocycles. The molecular weight excluding hydrogens is 709 g/mol. The molecule has 11 nitrogen and oxygen atoms in total. The minimum Gasteiger partial charge on any atom is -0.506 e. The Labute approximate surface area is 305 Å². The van der Waals surface area contributed by atoms with Crippen molar-refractivity contribution in [3.05, 3.63) is 118 Å². The van der Waals surface area contributed by atoms with E-state index in [0.29, 0.717) is 52.2 Å². The molecule has 0 radical (unpaired) electrons. The van der Waals surface area contributed by atoms with Gasteiger partial charge >= 0.3 is 10.8 Å². The number of aliphatic hydroxyl groups is 2. The molecule has 0 amide bonds. The van der Waals surface area contributed by atoms with E-state index in [1.165, 1.54) is 46.1 Å². The maximum atomic E-state index is 13.3. The van der Waals surface area contributed by atoms with Crippen molar-refractivity contribution in [2.45, 2.75) is 50.2 Å². The zero-order valence-electron chi connectivity index (χ0n) is 27.6. The highest BCUT2D eigenvalue weighted by molar-refractivity contribution is 7.16. The third-order valence-electron chi connectivity index (χ3n) is 9.38. The van der Waals surface area contributed by atoms with Gasteiger partial charge in [-0.15, -0.1) is 22.7 Å². The molecule has 1 aliphatic rings. The van der Waals surface area contributed by atoms with E-state index in [9.17, 15) is 29.7 Å². The number of fused-ring (bicyclic) bond motifs is 2. The van der Waals surface area contributed by atoms with Gasteiger partial charge in [0.2, 0.25) is 11.2 Å². The number of aromatic hydroxyl groups is 1. The average Bonchev–Trinajstić information content (AvgIpc) is 3.92. The number of likely N-dealkylation sites (tertiary alicyclic amines) is 1. The SMILES string of the molecule is O=C(OC1CCN(CCCn2c(=O)sc3cc(CNC[C@H](O)c4ccc(O)c5[nH]c(=O)ccc45)ccc32)CC1)C(O)(c1cccs1)c1cccs1. The number of carbonyl (C=O) groups is 1. The van der Waals surface area contributed by atoms with E-state index in [1.807, 2.05) is 45.7 Å². The number of thiophene rings is 2. The number of ether oxygens (including phenoxy) is 1. The number of esters is 1. The van der Waals surface area contributed by atoms with E-state index in [0.717, 1.165) is 41.8 Å². The smallest absolute Gasteiger partial charge is 0.349 e. The fourth-order valence-electron chi connectivity index (χ4n) is 6.68. The van der Waals surface area contributed by atoms with Crippen molar-refractivity contribution in [1.29, 1.82) is 0 Å². The fourth-order valence-corrected chi connectivity index (χ4v) is 9.37. The minimum atomic E-state index is -1.80. The van der Waals surface area contributed by atoms with Crippen LogP contribution in [-0.2, 0) is 28.2 Å². The Morgan fingerprint density at radius 3 is 2.45 bits per heavy atom. The number of thiazole rings is 1. The van der Waals surface area contributed by atoms with Crippen LogP contribution in [0.15, 0.2) is 87.1 Å². The van der Waals surface area contributed by atoms with Gasteiger partial charge in [-0.3, -0.25) is 14.2 Å². The van der Waals surface area contributed by atoms with Crippen LogP contribution in [0.25, 0.3) is 21.1 Å². The van der Waals surface area contributed by atoms with Gasteiger partial charge in [-0.25, -0.2) is 4.79 Å². The number of benzene rings is 2. The molecule has 5 heterocycles. The highest BCUT2D eigenvalue weighted by Crippen LogP contribution is 2.37. The van der Waals surface area contributed by atoms with Crippen LogP contribution in [0.4, 0.5) is 0 Å². The maximum Gasteiger partial charge on any atom is 0.349 e. The predicted molar refractivity (Wildman–Crippen MR) is 201 cm³/mol. The van der Waals surface area contributed by atoms with E-state index in [-0.39, 0.29) is 28.8 Å². The first-order chi connectivity index (χ1) is 24.7. The predicted octanol–water partition coefficient (Wildman–Crippen LogP) is 4.89. The lowest BCUT2D eigenvalue weighted by atomic mass is 9.99. The van der Waals surface area contributed by atoms with Crippen LogP contribution in [0.2, 0.25) is 0 Å². The first-order valence-electron chi connectivity index (χ1n) is 16.8. The summed E-state index contributed by atoms with van der Waals surface area (Å²) in [5.74, 6) is -0.685. The summed E-state index contributed by atoms with van der Waals surface area (Å²) in [4.78, 5) is 44.0. The number of aromatic amines is 1. The van der Waals surface area contributed by atoms with Crippen molar-refractivity contribution in [1.82, 2.24) is 19.8 Å². The number of aliphatic hydroxyl groups excluding tert-OH is 1. The third kappa shape index (κ3) is 7.44. The van der Waals surface area contributed by atoms with Gasteiger partial charge in [0.15, 0.2) is 0 Å². The van der Waals surface area contributed by atoms with Crippen LogP contribution in [0, 0.1) is 0 Å². The van der Waals surface area contributed by atoms with Crippen LogP contribution in [0.3, 0.4) is 0 Å². The summed E-state index contributed by atoms with van der Waals surface area (Å²) in [5, 5.41) is 40.1. The topological polar surface area (TPSA) is 157 Å². The van der Waals surface area contributed by atoms with Crippen LogP contribution in [-0.4, -0.2) is 68.0 Å². The molecule has 0 aliphatic carbocycles. The van der Waals surface area contributed by atoms with Gasteiger partial charge in [-0.2, -0.15) is 0 Å². The van der Waals surface area contributed by atoms with Gasteiger partial charge in [0.05, 0.1) is 31.6 Å². The second kappa shape index (κ2) is 15.2. The number of phenolic OH excluding ortho intramolecular Hbond substituents is 1. The number of nitrogens with zero attached hydrogens (tertiary/aromatic N) is 2. The normalized spacial score (nSPS) is 15.1. The van der Waals surface area contributed by atoms with E-state index in [2.05, 4.69) is 15.2 Å². The van der Waals surface area contributed by atoms with Crippen molar-refractivity contribution >= 4 is 61.1 Å². The van der Waals surface area contributed by atoms with Crippen LogP contribution < -0.4 is 15.7 Å². The molecule has 2 aromatic carbocycles. The average molecular weight is 747 g/mol. The van der Waals surface area contributed by atoms with Gasteiger partial charge < -0.3 is 35.3 Å². The Balaban J connectivity index is 0.889. The van der Waals surface area contributed by atoms with Crippen molar-refractivity contribution in [2.24, 2.45) is 0 Å². The molecule has 4 aromatic heterocycles. The molecule has 5 N–H and O–H groups in total. The Bertz CT molecular complexity index is 2200. The summed E-state index contributed by atoms with van der Waals surface area (Å²) in [6.45, 7) is 3.68. The lowest BCUT2D eigenvalue weighted by molar-refractivity contribution is -0.169. The Morgan fingerprint density at radius 1 is 1.00 bits per heavy atom. The second-order valence-corrected chi connectivity index (χ2v) is 15.6. The first-order valence-corrected chi connectivity index (χ1v) is 19.4. The number of piperidine rings is 1. The number of hydrogen-bond acceptors (Lipinski definition) is 12. The summed E-state index contributed by atoms with van der Waals surface area (Å²) in [5.41, 5.74) is 0.634. The van der Waals surface area contributed by atoms with Gasteiger partial charge in [-0.1, -0.05) is 35.6 Å². The number of aromatic nitrogens is 2. The van der Waals surface area contributed by atoms with Crippen molar-refractivity contribution in [3.8, 4) is 5.75 Å². The number of pyridine rings is 1. The molecule has 0 bridgehead atoms. The number of carbonyl (C=O) groups excluding carboxylic acids is 1. The maximum absolute atomic E-state index is 13.3. The molecule has 7 rings (SSSR count). The van der Waals surface area contributed by atoms with Gasteiger partial charge in [0.1, 0.15) is 11.9 Å². The zero-order valence-corrected chi connectivity index (χ0v) is 30.1. The highest BCUT2D eigenvalue weighted by atomic mass is 32.1. The summed E-state index contributed by atoms with van der Waals surface area (Å²) in [7, 11) is 0. The van der Waals surface area contributed by atoms with Crippen molar-refractivity contribution in [2.75, 3.05) is 26.2 Å². The van der Waals surface area contributed by atoms with E-state index in [4.69, 9.17) is 4.74 Å². The largest absolute Gasteiger partial charge is 0.506 e. The molecule has 6 aromatic rings. The molecule has 0 spiro atoms. The highest BCUT2D eigenvalue weighted by Gasteiger charge is 2.45. The summed E-state index contributed by atoms with van der Waals surface area (Å²) in [6.07, 6.45) is 1.02. The van der Waals surface area contributed by atoms with E-state index >= 15 is 0 Å². The van der Waals surface area contributed by atoms with Gasteiger partial charge in [-0.05, 0) is 84.1 Å². The molecule has 51 heavy (non-hydrogen) atoms. The van der Waals surface area contributed by atoms with Crippen LogP contribution in [0.5, 0.6) is 5.75 Å².